The van der Waals surface area contributed by atoms with Crippen LogP contribution in [0.5, 0.6) is 0 Å². The van der Waals surface area contributed by atoms with E-state index in [9.17, 15) is 0 Å². The third kappa shape index (κ3) is 1.67. The Morgan fingerprint density at radius 2 is 2.50 bits per heavy atom. The summed E-state index contributed by atoms with van der Waals surface area (Å²) in [4.78, 5) is 7.71. The molecule has 3 heteroatoms. The molecule has 1 saturated carbocycles. The molecule has 3 nitrogen and oxygen atoms in total. The van der Waals surface area contributed by atoms with Crippen LogP contribution in [-0.4, -0.2) is 23.6 Å². The summed E-state index contributed by atoms with van der Waals surface area (Å²) in [6.45, 7) is 1.02. The Kier molecular flexibility index (Phi) is 2.13. The van der Waals surface area contributed by atoms with Gasteiger partial charge in [0.1, 0.15) is 5.82 Å². The van der Waals surface area contributed by atoms with Crippen molar-refractivity contribution >= 4 is 0 Å². The molecule has 1 heterocycles. The van der Waals surface area contributed by atoms with Gasteiger partial charge in [-0.3, -0.25) is 0 Å². The highest BCUT2D eigenvalue weighted by atomic mass is 14.9. The molecular formula is C9H15N3. The summed E-state index contributed by atoms with van der Waals surface area (Å²) in [6.07, 6.45) is 5.65. The van der Waals surface area contributed by atoms with E-state index in [2.05, 4.69) is 15.3 Å². The molecule has 1 aliphatic rings. The molecular weight excluding hydrogens is 150 g/mol. The van der Waals surface area contributed by atoms with Crippen molar-refractivity contribution in [3.63, 3.8) is 0 Å². The van der Waals surface area contributed by atoms with Crippen molar-refractivity contribution < 1.29 is 0 Å². The molecule has 1 aromatic heterocycles. The second kappa shape index (κ2) is 3.27. The molecule has 0 aromatic carbocycles. The van der Waals surface area contributed by atoms with Crippen molar-refractivity contribution in [2.75, 3.05) is 13.6 Å². The third-order valence-electron chi connectivity index (χ3n) is 2.26. The van der Waals surface area contributed by atoms with Gasteiger partial charge in [0.25, 0.3) is 0 Å². The maximum atomic E-state index is 4.35. The highest BCUT2D eigenvalue weighted by molar-refractivity contribution is 5.10. The number of nitrogens with zero attached hydrogens (tertiary/aromatic N) is 1. The zero-order chi connectivity index (χ0) is 8.39. The van der Waals surface area contributed by atoms with Crippen LogP contribution < -0.4 is 5.32 Å². The van der Waals surface area contributed by atoms with Crippen molar-refractivity contribution in [1.82, 2.24) is 15.3 Å². The lowest BCUT2D eigenvalue weighted by atomic mass is 10.3. The van der Waals surface area contributed by atoms with E-state index in [1.54, 1.807) is 0 Å². The van der Waals surface area contributed by atoms with Crippen LogP contribution in [0.2, 0.25) is 0 Å². The third-order valence-corrected chi connectivity index (χ3v) is 2.26. The van der Waals surface area contributed by atoms with E-state index in [4.69, 9.17) is 0 Å². The summed E-state index contributed by atoms with van der Waals surface area (Å²) in [5.41, 5.74) is 1.26. The average molecular weight is 165 g/mol. The summed E-state index contributed by atoms with van der Waals surface area (Å²) in [5.74, 6) is 1.94. The number of imidazole rings is 1. The molecule has 0 spiro atoms. The number of nitrogens with one attached hydrogen (secondary N) is 2. The van der Waals surface area contributed by atoms with Gasteiger partial charge in [-0.1, -0.05) is 0 Å². The van der Waals surface area contributed by atoms with E-state index < -0.39 is 0 Å². The Labute approximate surface area is 72.6 Å². The Hall–Kier alpha value is -0.830. The zero-order valence-corrected chi connectivity index (χ0v) is 7.43. The number of hydrogen-bond acceptors (Lipinski definition) is 2. The Balaban J connectivity index is 1.93. The summed E-state index contributed by atoms with van der Waals surface area (Å²) in [6, 6.07) is 0. The molecule has 2 N–H and O–H groups in total. The topological polar surface area (TPSA) is 40.7 Å². The van der Waals surface area contributed by atoms with Gasteiger partial charge in [-0.2, -0.15) is 0 Å². The molecule has 2 rings (SSSR count). The van der Waals surface area contributed by atoms with Gasteiger partial charge >= 0.3 is 0 Å². The van der Waals surface area contributed by atoms with E-state index in [1.807, 2.05) is 13.2 Å². The van der Waals surface area contributed by atoms with Crippen LogP contribution in [0.1, 0.15) is 30.3 Å². The van der Waals surface area contributed by atoms with Gasteiger partial charge in [0.05, 0.1) is 0 Å². The molecule has 0 radical (unpaired) electrons. The fourth-order valence-electron chi connectivity index (χ4n) is 1.33. The van der Waals surface area contributed by atoms with E-state index >= 15 is 0 Å². The van der Waals surface area contributed by atoms with Crippen molar-refractivity contribution in [3.05, 3.63) is 17.7 Å². The Morgan fingerprint density at radius 3 is 3.17 bits per heavy atom. The maximum Gasteiger partial charge on any atom is 0.109 e. The predicted molar refractivity (Wildman–Crippen MR) is 48.2 cm³/mol. The quantitative estimate of drug-likeness (QED) is 0.700. The first-order valence-corrected chi connectivity index (χ1v) is 4.58. The number of rotatable bonds is 4. The van der Waals surface area contributed by atoms with E-state index in [0.717, 1.165) is 18.9 Å². The first-order valence-electron chi connectivity index (χ1n) is 4.58. The van der Waals surface area contributed by atoms with Gasteiger partial charge in [0, 0.05) is 30.8 Å². The second-order valence-electron chi connectivity index (χ2n) is 3.42. The molecule has 1 fully saturated rings. The number of aromatic amines is 1. The first kappa shape index (κ1) is 7.80. The van der Waals surface area contributed by atoms with Crippen LogP contribution in [0.4, 0.5) is 0 Å². The molecule has 1 aliphatic carbocycles. The fraction of sp³-hybridized carbons (Fsp3) is 0.667. The van der Waals surface area contributed by atoms with Crippen molar-refractivity contribution in [2.45, 2.75) is 25.2 Å². The standard InChI is InChI=1S/C9H15N3/c1-10-5-4-8-6-11-9(12-8)7-2-3-7/h6-7,10H,2-5H2,1H3,(H,11,12). The van der Waals surface area contributed by atoms with Gasteiger partial charge < -0.3 is 10.3 Å². The normalized spacial score (nSPS) is 16.8. The zero-order valence-electron chi connectivity index (χ0n) is 7.43. The Bertz CT molecular complexity index is 250. The monoisotopic (exact) mass is 165 g/mol. The summed E-state index contributed by atoms with van der Waals surface area (Å²) in [5, 5.41) is 3.12. The van der Waals surface area contributed by atoms with Gasteiger partial charge in [-0.05, 0) is 19.9 Å². The van der Waals surface area contributed by atoms with Crippen LogP contribution in [-0.2, 0) is 6.42 Å². The number of hydrogen-bond donors (Lipinski definition) is 2. The number of H-pyrrole nitrogens is 1. The lowest BCUT2D eigenvalue weighted by Crippen LogP contribution is -2.10. The minimum Gasteiger partial charge on any atom is -0.346 e. The SMILES string of the molecule is CNCCc1cnc(C2CC2)[nH]1. The number of aromatic nitrogens is 2. The molecule has 0 unspecified atom stereocenters. The van der Waals surface area contributed by atoms with E-state index in [1.165, 1.54) is 24.4 Å². The van der Waals surface area contributed by atoms with Crippen LogP contribution in [0.15, 0.2) is 6.20 Å². The molecule has 0 aliphatic heterocycles. The molecule has 0 saturated heterocycles. The Morgan fingerprint density at radius 1 is 1.67 bits per heavy atom. The molecule has 66 valence electrons. The van der Waals surface area contributed by atoms with Crippen LogP contribution in [0.3, 0.4) is 0 Å². The van der Waals surface area contributed by atoms with E-state index in [0.29, 0.717) is 0 Å². The molecule has 12 heavy (non-hydrogen) atoms. The van der Waals surface area contributed by atoms with Crippen molar-refractivity contribution in [2.24, 2.45) is 0 Å². The second-order valence-corrected chi connectivity index (χ2v) is 3.42. The fourth-order valence-corrected chi connectivity index (χ4v) is 1.33. The largest absolute Gasteiger partial charge is 0.346 e. The van der Waals surface area contributed by atoms with Crippen LogP contribution in [0, 0.1) is 0 Å². The average Bonchev–Trinajstić information content (AvgIpc) is 2.83. The lowest BCUT2D eigenvalue weighted by Gasteiger charge is -1.94. The summed E-state index contributed by atoms with van der Waals surface area (Å²) < 4.78 is 0. The van der Waals surface area contributed by atoms with Crippen molar-refractivity contribution in [3.8, 4) is 0 Å². The molecule has 0 amide bonds. The highest BCUT2D eigenvalue weighted by Crippen LogP contribution is 2.37. The molecule has 1 aromatic rings. The first-order chi connectivity index (χ1) is 5.90. The molecule has 0 bridgehead atoms. The summed E-state index contributed by atoms with van der Waals surface area (Å²) in [7, 11) is 1.97. The summed E-state index contributed by atoms with van der Waals surface area (Å²) >= 11 is 0. The smallest absolute Gasteiger partial charge is 0.109 e. The van der Waals surface area contributed by atoms with Crippen molar-refractivity contribution in [1.29, 1.82) is 0 Å². The minimum absolute atomic E-state index is 0.744. The van der Waals surface area contributed by atoms with Gasteiger partial charge in [-0.15, -0.1) is 0 Å². The van der Waals surface area contributed by atoms with Gasteiger partial charge in [0.2, 0.25) is 0 Å². The predicted octanol–water partition coefficient (Wildman–Crippen LogP) is 1.05. The van der Waals surface area contributed by atoms with Crippen LogP contribution >= 0.6 is 0 Å². The maximum absolute atomic E-state index is 4.35. The van der Waals surface area contributed by atoms with Gasteiger partial charge in [-0.25, -0.2) is 4.98 Å². The lowest BCUT2D eigenvalue weighted by molar-refractivity contribution is 0.777. The van der Waals surface area contributed by atoms with E-state index in [-0.39, 0.29) is 0 Å². The number of likely N-dealkylation sites (N-methyl/N-ethyl adjacent to an activating group) is 1. The highest BCUT2D eigenvalue weighted by Gasteiger charge is 2.26. The minimum atomic E-state index is 0.744. The molecule has 0 atom stereocenters. The van der Waals surface area contributed by atoms with Gasteiger partial charge in [0.15, 0.2) is 0 Å². The van der Waals surface area contributed by atoms with Crippen LogP contribution in [0.25, 0.3) is 0 Å².